The highest BCUT2D eigenvalue weighted by atomic mass is 19.1. The highest BCUT2D eigenvalue weighted by molar-refractivity contribution is 5.36. The van der Waals surface area contributed by atoms with Crippen molar-refractivity contribution in [3.8, 4) is 17.2 Å². The van der Waals surface area contributed by atoms with E-state index in [4.69, 9.17) is 14.2 Å². The van der Waals surface area contributed by atoms with Crippen LogP contribution in [-0.2, 0) is 26.1 Å². The average Bonchev–Trinajstić information content (AvgIpc) is 0.859. The fourth-order valence-electron chi connectivity index (χ4n) is 17.4. The first-order chi connectivity index (χ1) is 56.0. The molecule has 6 fully saturated rings. The zero-order chi connectivity index (χ0) is 86.2. The lowest BCUT2D eigenvalue weighted by Crippen LogP contribution is -2.37. The molecule has 0 bridgehead atoms. The topological polar surface area (TPSA) is 37.4 Å². The zero-order valence-electron chi connectivity index (χ0n) is 79.0. The number of aryl methyl sites for hydroxylation is 1. The second-order valence-electron chi connectivity index (χ2n) is 38.6. The first-order valence-corrected chi connectivity index (χ1v) is 47.2. The van der Waals surface area contributed by atoms with Crippen LogP contribution in [0.1, 0.15) is 325 Å². The van der Waals surface area contributed by atoms with Crippen molar-refractivity contribution in [2.45, 2.75) is 318 Å². The lowest BCUT2D eigenvalue weighted by atomic mass is 9.82. The molecule has 12 rings (SSSR count). The molecule has 5 atom stereocenters. The van der Waals surface area contributed by atoms with Gasteiger partial charge in [0.1, 0.15) is 34.7 Å². The van der Waals surface area contributed by atoms with E-state index >= 15 is 0 Å². The van der Waals surface area contributed by atoms with Crippen molar-refractivity contribution >= 4 is 0 Å². The summed E-state index contributed by atoms with van der Waals surface area (Å²) in [5.74, 6) is 15.4. The molecular formula is C108H174F3N3O3. The molecule has 3 saturated carbocycles. The van der Waals surface area contributed by atoms with Crippen molar-refractivity contribution in [1.82, 2.24) is 14.7 Å². The fourth-order valence-corrected chi connectivity index (χ4v) is 17.4. The Bertz CT molecular complexity index is 3120. The van der Waals surface area contributed by atoms with Crippen molar-refractivity contribution < 1.29 is 27.4 Å². The van der Waals surface area contributed by atoms with E-state index in [9.17, 15) is 13.2 Å². The lowest BCUT2D eigenvalue weighted by molar-refractivity contribution is 0.137. The molecule has 6 aromatic carbocycles. The largest absolute Gasteiger partial charge is 0.496 e. The minimum absolute atomic E-state index is 0.161. The number of hydrogen-bond donors (Lipinski definition) is 0. The summed E-state index contributed by atoms with van der Waals surface area (Å²) in [6.45, 7) is 54.3. The van der Waals surface area contributed by atoms with Crippen LogP contribution >= 0.6 is 0 Å². The maximum absolute atomic E-state index is 13.9. The number of piperidine rings is 3. The minimum atomic E-state index is -0.161. The van der Waals surface area contributed by atoms with Gasteiger partial charge in [0.2, 0.25) is 0 Å². The molecule has 3 saturated heterocycles. The molecule has 0 aromatic heterocycles. The molecule has 1 unspecified atom stereocenters. The number of likely N-dealkylation sites (tertiary alicyclic amines) is 3. The van der Waals surface area contributed by atoms with Crippen LogP contribution in [0.3, 0.4) is 0 Å². The Morgan fingerprint density at radius 1 is 0.291 bits per heavy atom. The van der Waals surface area contributed by atoms with Crippen LogP contribution in [0.5, 0.6) is 17.2 Å². The van der Waals surface area contributed by atoms with Gasteiger partial charge >= 0.3 is 0 Å². The second-order valence-corrected chi connectivity index (χ2v) is 38.6. The summed E-state index contributed by atoms with van der Waals surface area (Å²) in [5, 5.41) is 0. The van der Waals surface area contributed by atoms with Crippen LogP contribution in [0, 0.1) is 106 Å². The van der Waals surface area contributed by atoms with E-state index in [2.05, 4.69) is 244 Å². The molecule has 0 amide bonds. The molecule has 660 valence electrons. The smallest absolute Gasteiger partial charge is 0.131 e. The molecule has 6 aromatic rings. The molecule has 117 heavy (non-hydrogen) atoms. The van der Waals surface area contributed by atoms with Crippen molar-refractivity contribution in [3.05, 3.63) is 196 Å². The van der Waals surface area contributed by atoms with Crippen molar-refractivity contribution in [3.63, 3.8) is 0 Å². The molecule has 3 aliphatic carbocycles. The average molecular weight is 1620 g/mol. The van der Waals surface area contributed by atoms with Crippen LogP contribution in [0.2, 0.25) is 0 Å². The maximum Gasteiger partial charge on any atom is 0.131 e. The van der Waals surface area contributed by atoms with E-state index < -0.39 is 0 Å². The van der Waals surface area contributed by atoms with Gasteiger partial charge in [-0.15, -0.1) is 0 Å². The first-order valence-electron chi connectivity index (χ1n) is 47.2. The van der Waals surface area contributed by atoms with Gasteiger partial charge in [0.05, 0.1) is 21.3 Å². The van der Waals surface area contributed by atoms with Crippen molar-refractivity contribution in [1.29, 1.82) is 0 Å². The summed E-state index contributed by atoms with van der Waals surface area (Å²) in [6, 6.07) is 47.2. The Morgan fingerprint density at radius 2 is 0.538 bits per heavy atom. The monoisotopic (exact) mass is 1620 g/mol. The summed E-state index contributed by atoms with van der Waals surface area (Å²) in [4.78, 5) is 7.07. The second kappa shape index (κ2) is 59.2. The van der Waals surface area contributed by atoms with Crippen LogP contribution in [-0.4, -0.2) is 75.3 Å². The van der Waals surface area contributed by atoms with Gasteiger partial charge in [-0.2, -0.15) is 0 Å². The standard InChI is InChI=1S/3C16H24FNO.3C11H16.3C9H18/c3*1-12(2)13-6-5-9-18(10-13)11-14-15(17)7-4-8-16(14)19-3;2*1-9(2)10(3)11-7-5-4-6-8-11;1-10(2)8-9-11-6-4-3-5-7-11;3*1-8(2)9-6-4-3-5-7-9/h3*4,7-8,12-13H,5-6,9-11H2,1-3H3;2*4-10H,1-3H3;3-7,10H,8-9H2,1-2H3;3*8-9H,3-7H2,1-2H3/t2*13-;;2*10-;;;;/m10.10..../s1. The number of nitrogens with zero attached hydrogens (tertiary/aromatic N) is 3. The van der Waals surface area contributed by atoms with E-state index in [0.717, 1.165) is 110 Å². The van der Waals surface area contributed by atoms with Gasteiger partial charge in [0, 0.05) is 56.0 Å². The number of rotatable bonds is 22. The zero-order valence-corrected chi connectivity index (χ0v) is 79.0. The number of halogens is 3. The van der Waals surface area contributed by atoms with Gasteiger partial charge < -0.3 is 14.2 Å². The Balaban J connectivity index is 0.000000282. The van der Waals surface area contributed by atoms with Crippen molar-refractivity contribution in [2.75, 3.05) is 60.6 Å². The Labute approximate surface area is 718 Å². The predicted octanol–water partition coefficient (Wildman–Crippen LogP) is 30.9. The van der Waals surface area contributed by atoms with E-state index in [1.165, 1.54) is 183 Å². The van der Waals surface area contributed by atoms with Gasteiger partial charge in [-0.1, -0.05) is 344 Å². The summed E-state index contributed by atoms with van der Waals surface area (Å²) in [7, 11) is 4.81. The molecule has 0 N–H and O–H groups in total. The Kier molecular flexibility index (Phi) is 52.5. The first kappa shape index (κ1) is 104. The molecule has 0 spiro atoms. The molecule has 6 aliphatic rings. The lowest BCUT2D eigenvalue weighted by Gasteiger charge is -2.35. The molecule has 3 aliphatic heterocycles. The molecule has 6 nitrogen and oxygen atoms in total. The SMILES string of the molecule is CC(C)C1CCCCC1.CC(C)C1CCCCC1.CC(C)C1CCCCC1.CC(C)CCc1ccccc1.CC(C)[C@@H](C)c1ccccc1.CC(C)[C@H](C)c1ccccc1.COc1cccc(F)c1CN1CCCC(C(C)C)C1.COc1cccc(F)c1CN1CCC[C@@H](C(C)C)C1.COc1cccc(F)c1CN1CCC[C@H](C(C)C)C1. The molecular weight excluding hydrogens is 1440 g/mol. The summed E-state index contributed by atoms with van der Waals surface area (Å²) >= 11 is 0. The van der Waals surface area contributed by atoms with Crippen LogP contribution < -0.4 is 14.2 Å². The number of methoxy groups -OCH3 is 3. The summed E-state index contributed by atoms with van der Waals surface area (Å²) in [6.07, 6.45) is 32.4. The molecule has 3 heterocycles. The third-order valence-electron chi connectivity index (χ3n) is 26.8. The fraction of sp³-hybridized carbons (Fsp3) is 0.667. The minimum Gasteiger partial charge on any atom is -0.496 e. The number of hydrogen-bond acceptors (Lipinski definition) is 6. The van der Waals surface area contributed by atoms with Gasteiger partial charge in [-0.05, 0) is 225 Å². The van der Waals surface area contributed by atoms with Crippen LogP contribution in [0.4, 0.5) is 13.2 Å². The maximum atomic E-state index is 13.9. The van der Waals surface area contributed by atoms with Gasteiger partial charge in [-0.3, -0.25) is 14.7 Å². The predicted molar refractivity (Wildman–Crippen MR) is 501 cm³/mol. The Hall–Kier alpha value is -5.61. The molecule has 0 radical (unpaired) electrons. The van der Waals surface area contributed by atoms with Gasteiger partial charge in [-0.25, -0.2) is 13.2 Å². The van der Waals surface area contributed by atoms with Gasteiger partial charge in [0.15, 0.2) is 0 Å². The number of ether oxygens (including phenoxy) is 3. The summed E-state index contributed by atoms with van der Waals surface area (Å²) in [5.41, 5.74) is 6.42. The van der Waals surface area contributed by atoms with Crippen LogP contribution in [0.25, 0.3) is 0 Å². The van der Waals surface area contributed by atoms with E-state index in [1.54, 1.807) is 39.5 Å². The third kappa shape index (κ3) is 41.2. The highest BCUT2D eigenvalue weighted by Crippen LogP contribution is 2.35. The van der Waals surface area contributed by atoms with Crippen LogP contribution in [0.15, 0.2) is 146 Å². The van der Waals surface area contributed by atoms with Gasteiger partial charge in [0.25, 0.3) is 0 Å². The Morgan fingerprint density at radius 3 is 0.761 bits per heavy atom. The van der Waals surface area contributed by atoms with E-state index in [0.29, 0.717) is 83.2 Å². The van der Waals surface area contributed by atoms with E-state index in [1.807, 2.05) is 18.2 Å². The highest BCUT2D eigenvalue weighted by Gasteiger charge is 2.28. The number of benzene rings is 6. The summed E-state index contributed by atoms with van der Waals surface area (Å²) < 4.78 is 57.6. The molecule has 9 heteroatoms. The van der Waals surface area contributed by atoms with E-state index in [-0.39, 0.29) is 17.5 Å². The normalized spacial score (nSPS) is 18.9. The van der Waals surface area contributed by atoms with Crippen molar-refractivity contribution in [2.24, 2.45) is 88.8 Å². The quantitative estimate of drug-likeness (QED) is 0.0674. The third-order valence-corrected chi connectivity index (χ3v) is 26.8.